The van der Waals surface area contributed by atoms with E-state index < -0.39 is 24.5 Å². The fourth-order valence-corrected chi connectivity index (χ4v) is 2.10. The number of halogens is 1. The Balaban J connectivity index is 2.30. The molecule has 0 saturated heterocycles. The summed E-state index contributed by atoms with van der Waals surface area (Å²) in [6.45, 7) is -0.647. The van der Waals surface area contributed by atoms with Crippen LogP contribution in [-0.4, -0.2) is 40.5 Å². The van der Waals surface area contributed by atoms with Gasteiger partial charge in [-0.3, -0.25) is 4.79 Å². The van der Waals surface area contributed by atoms with Crippen molar-refractivity contribution >= 4 is 23.6 Å². The number of hydrogen-bond acceptors (Lipinski definition) is 4. The quantitative estimate of drug-likeness (QED) is 0.648. The van der Waals surface area contributed by atoms with Crippen LogP contribution < -0.4 is 5.32 Å². The second-order valence-corrected chi connectivity index (χ2v) is 4.86. The van der Waals surface area contributed by atoms with Gasteiger partial charge >= 0.3 is 5.97 Å². The molecular formula is C12H14FNO4S. The Kier molecular flexibility index (Phi) is 6.31. The minimum atomic E-state index is -1.28. The van der Waals surface area contributed by atoms with Crippen molar-refractivity contribution < 1.29 is 24.2 Å². The van der Waals surface area contributed by atoms with E-state index in [0.717, 1.165) is 4.90 Å². The van der Waals surface area contributed by atoms with Gasteiger partial charge in [0, 0.05) is 17.1 Å². The largest absolute Gasteiger partial charge is 0.480 e. The van der Waals surface area contributed by atoms with Crippen molar-refractivity contribution in [2.24, 2.45) is 0 Å². The second-order valence-electron chi connectivity index (χ2n) is 3.69. The number of aliphatic carboxylic acids is 1. The Morgan fingerprint density at radius 2 is 1.95 bits per heavy atom. The van der Waals surface area contributed by atoms with Gasteiger partial charge in [-0.25, -0.2) is 9.18 Å². The number of amides is 1. The van der Waals surface area contributed by atoms with Crippen molar-refractivity contribution in [3.8, 4) is 0 Å². The first-order valence-electron chi connectivity index (χ1n) is 5.54. The zero-order chi connectivity index (χ0) is 14.3. The van der Waals surface area contributed by atoms with E-state index in [2.05, 4.69) is 5.32 Å². The van der Waals surface area contributed by atoms with E-state index in [0.29, 0.717) is 5.75 Å². The number of thioether (sulfide) groups is 1. The minimum Gasteiger partial charge on any atom is -0.480 e. The third-order valence-corrected chi connectivity index (χ3v) is 3.24. The third kappa shape index (κ3) is 5.71. The molecule has 5 nitrogen and oxygen atoms in total. The summed E-state index contributed by atoms with van der Waals surface area (Å²) in [7, 11) is 0. The van der Waals surface area contributed by atoms with E-state index in [1.165, 1.54) is 23.9 Å². The molecule has 104 valence electrons. The molecule has 0 spiro atoms. The molecular weight excluding hydrogens is 273 g/mol. The van der Waals surface area contributed by atoms with Crippen LogP contribution >= 0.6 is 11.8 Å². The van der Waals surface area contributed by atoms with Crippen molar-refractivity contribution in [2.75, 3.05) is 12.4 Å². The molecule has 1 aromatic carbocycles. The monoisotopic (exact) mass is 287 g/mol. The molecule has 1 amide bonds. The molecule has 0 fully saturated rings. The Hall–Kier alpha value is -1.60. The van der Waals surface area contributed by atoms with Gasteiger partial charge in [0.15, 0.2) is 0 Å². The summed E-state index contributed by atoms with van der Waals surface area (Å²) in [6, 6.07) is 4.59. The smallest absolute Gasteiger partial charge is 0.328 e. The molecule has 1 aromatic rings. The summed E-state index contributed by atoms with van der Waals surface area (Å²) in [5, 5.41) is 19.6. The van der Waals surface area contributed by atoms with Crippen LogP contribution in [-0.2, 0) is 9.59 Å². The lowest BCUT2D eigenvalue weighted by atomic mass is 10.3. The standard InChI is InChI=1S/C12H14FNO4S/c13-8-1-3-9(4-2-8)19-6-5-11(16)14-10(7-15)12(17)18/h1-4,10,15H,5-7H2,(H,14,16)(H,17,18). The summed E-state index contributed by atoms with van der Waals surface area (Å²) in [5.74, 6) is -1.61. The Morgan fingerprint density at radius 1 is 1.32 bits per heavy atom. The van der Waals surface area contributed by atoms with Crippen LogP contribution in [0.25, 0.3) is 0 Å². The van der Waals surface area contributed by atoms with Crippen molar-refractivity contribution in [3.63, 3.8) is 0 Å². The maximum atomic E-state index is 12.6. The number of carboxylic acid groups (broad SMARTS) is 1. The first-order valence-corrected chi connectivity index (χ1v) is 6.53. The van der Waals surface area contributed by atoms with E-state index in [1.54, 1.807) is 12.1 Å². The van der Waals surface area contributed by atoms with Gasteiger partial charge in [-0.05, 0) is 24.3 Å². The maximum Gasteiger partial charge on any atom is 0.328 e. The highest BCUT2D eigenvalue weighted by Gasteiger charge is 2.18. The normalized spacial score (nSPS) is 11.9. The van der Waals surface area contributed by atoms with Crippen LogP contribution in [0.15, 0.2) is 29.2 Å². The van der Waals surface area contributed by atoms with Crippen molar-refractivity contribution in [1.29, 1.82) is 0 Å². The van der Waals surface area contributed by atoms with E-state index in [-0.39, 0.29) is 12.2 Å². The van der Waals surface area contributed by atoms with Gasteiger partial charge in [-0.15, -0.1) is 11.8 Å². The highest BCUT2D eigenvalue weighted by atomic mass is 32.2. The van der Waals surface area contributed by atoms with Crippen LogP contribution in [0.1, 0.15) is 6.42 Å². The summed E-state index contributed by atoms with van der Waals surface area (Å²) in [6.07, 6.45) is 0.117. The van der Waals surface area contributed by atoms with Crippen LogP contribution in [0.3, 0.4) is 0 Å². The number of rotatable bonds is 7. The number of carbonyl (C=O) groups is 2. The zero-order valence-electron chi connectivity index (χ0n) is 10.0. The fraction of sp³-hybridized carbons (Fsp3) is 0.333. The summed E-state index contributed by atoms with van der Waals surface area (Å²) < 4.78 is 12.6. The molecule has 0 aromatic heterocycles. The highest BCUT2D eigenvalue weighted by molar-refractivity contribution is 7.99. The average Bonchev–Trinajstić information content (AvgIpc) is 2.38. The van der Waals surface area contributed by atoms with E-state index >= 15 is 0 Å². The van der Waals surface area contributed by atoms with Gasteiger partial charge in [0.25, 0.3) is 0 Å². The van der Waals surface area contributed by atoms with Crippen LogP contribution in [0.2, 0.25) is 0 Å². The van der Waals surface area contributed by atoms with E-state index in [9.17, 15) is 14.0 Å². The van der Waals surface area contributed by atoms with E-state index in [4.69, 9.17) is 10.2 Å². The Labute approximate surface area is 113 Å². The van der Waals surface area contributed by atoms with Gasteiger partial charge in [0.05, 0.1) is 6.61 Å². The lowest BCUT2D eigenvalue weighted by molar-refractivity contribution is -0.142. The topological polar surface area (TPSA) is 86.6 Å². The number of nitrogens with one attached hydrogen (secondary N) is 1. The van der Waals surface area contributed by atoms with Crippen molar-refractivity contribution in [2.45, 2.75) is 17.4 Å². The number of carbonyl (C=O) groups excluding carboxylic acids is 1. The molecule has 1 unspecified atom stereocenters. The molecule has 0 bridgehead atoms. The second kappa shape index (κ2) is 7.75. The fourth-order valence-electron chi connectivity index (χ4n) is 1.24. The minimum absolute atomic E-state index is 0.117. The Morgan fingerprint density at radius 3 is 2.47 bits per heavy atom. The third-order valence-electron chi connectivity index (χ3n) is 2.23. The van der Waals surface area contributed by atoms with Gasteiger partial charge in [0.2, 0.25) is 5.91 Å². The predicted octanol–water partition coefficient (Wildman–Crippen LogP) is 0.870. The average molecular weight is 287 g/mol. The van der Waals surface area contributed by atoms with Gasteiger partial charge in [0.1, 0.15) is 11.9 Å². The molecule has 1 atom stereocenters. The first-order chi connectivity index (χ1) is 9.02. The summed E-state index contributed by atoms with van der Waals surface area (Å²) >= 11 is 1.36. The predicted molar refractivity (Wildman–Crippen MR) is 68.4 cm³/mol. The number of carboxylic acids is 1. The van der Waals surface area contributed by atoms with Crippen molar-refractivity contribution in [3.05, 3.63) is 30.1 Å². The zero-order valence-corrected chi connectivity index (χ0v) is 10.8. The Bertz CT molecular complexity index is 438. The molecule has 7 heteroatoms. The molecule has 3 N–H and O–H groups in total. The molecule has 0 radical (unpaired) electrons. The van der Waals surface area contributed by atoms with Gasteiger partial charge < -0.3 is 15.5 Å². The molecule has 0 saturated carbocycles. The lowest BCUT2D eigenvalue weighted by Gasteiger charge is -2.11. The van der Waals surface area contributed by atoms with Crippen LogP contribution in [0, 0.1) is 5.82 Å². The van der Waals surface area contributed by atoms with Gasteiger partial charge in [-0.2, -0.15) is 0 Å². The molecule has 19 heavy (non-hydrogen) atoms. The maximum absolute atomic E-state index is 12.6. The first kappa shape index (κ1) is 15.5. The molecule has 1 rings (SSSR count). The molecule has 0 aliphatic rings. The molecule has 0 aliphatic heterocycles. The summed E-state index contributed by atoms with van der Waals surface area (Å²) in [5.41, 5.74) is 0. The number of aliphatic hydroxyl groups is 1. The number of aliphatic hydroxyl groups excluding tert-OH is 1. The van der Waals surface area contributed by atoms with Crippen LogP contribution in [0.5, 0.6) is 0 Å². The molecule has 0 aliphatic carbocycles. The van der Waals surface area contributed by atoms with Gasteiger partial charge in [-0.1, -0.05) is 0 Å². The van der Waals surface area contributed by atoms with E-state index in [1.807, 2.05) is 0 Å². The molecule has 0 heterocycles. The SMILES string of the molecule is O=C(CCSc1ccc(F)cc1)NC(CO)C(=O)O. The van der Waals surface area contributed by atoms with Crippen molar-refractivity contribution in [1.82, 2.24) is 5.32 Å². The van der Waals surface area contributed by atoms with Crippen LogP contribution in [0.4, 0.5) is 4.39 Å². The summed E-state index contributed by atoms with van der Waals surface area (Å²) in [4.78, 5) is 22.8. The lowest BCUT2D eigenvalue weighted by Crippen LogP contribution is -2.43. The number of hydrogen-bond donors (Lipinski definition) is 3. The highest BCUT2D eigenvalue weighted by Crippen LogP contribution is 2.18. The number of benzene rings is 1.